The minimum atomic E-state index is -1.24. The largest absolute Gasteiger partial charge is 0.478 e. The van der Waals surface area contributed by atoms with Gasteiger partial charge in [-0.15, -0.1) is 0 Å². The van der Waals surface area contributed by atoms with Crippen molar-refractivity contribution in [2.24, 2.45) is 0 Å². The third kappa shape index (κ3) is 7.85. The summed E-state index contributed by atoms with van der Waals surface area (Å²) in [4.78, 5) is 21.1. The van der Waals surface area contributed by atoms with E-state index >= 15 is 0 Å². The first-order chi connectivity index (χ1) is 11.0. The van der Waals surface area contributed by atoms with Crippen LogP contribution in [-0.4, -0.2) is 28.2 Å². The predicted octanol–water partition coefficient (Wildman–Crippen LogP) is 3.29. The molecular weight excluding hydrogens is 294 g/mol. The van der Waals surface area contributed by atoms with Crippen LogP contribution in [-0.2, 0) is 9.59 Å². The van der Waals surface area contributed by atoms with Crippen LogP contribution in [0.25, 0.3) is 6.08 Å². The average Bonchev–Trinajstić information content (AvgIpc) is 2.56. The summed E-state index contributed by atoms with van der Waals surface area (Å²) in [7, 11) is 0. The Labute approximate surface area is 136 Å². The minimum absolute atomic E-state index is 0.0976. The van der Waals surface area contributed by atoms with Crippen LogP contribution >= 0.6 is 0 Å². The maximum absolute atomic E-state index is 10.7. The summed E-state index contributed by atoms with van der Waals surface area (Å²) < 4.78 is 0. The van der Waals surface area contributed by atoms with Gasteiger partial charge in [-0.2, -0.15) is 0 Å². The number of nitrogens with one attached hydrogen (secondary N) is 1. The first-order valence-electron chi connectivity index (χ1n) is 7.65. The fourth-order valence-electron chi connectivity index (χ4n) is 2.34. The second kappa shape index (κ2) is 10.2. The van der Waals surface area contributed by atoms with Crippen molar-refractivity contribution < 1.29 is 19.8 Å². The monoisotopic (exact) mass is 317 g/mol. The van der Waals surface area contributed by atoms with Crippen LogP contribution in [0.1, 0.15) is 37.7 Å². The fraction of sp³-hybridized carbons (Fsp3) is 0.333. The highest BCUT2D eigenvalue weighted by Gasteiger charge is 2.17. The number of carboxylic acids is 2. The van der Waals surface area contributed by atoms with Gasteiger partial charge < -0.3 is 15.5 Å². The number of benzene rings is 1. The lowest BCUT2D eigenvalue weighted by molar-refractivity contribution is -0.135. The van der Waals surface area contributed by atoms with Crippen molar-refractivity contribution in [3.8, 4) is 0 Å². The van der Waals surface area contributed by atoms with Crippen LogP contribution in [0.15, 0.2) is 48.7 Å². The molecule has 0 radical (unpaired) electrons. The third-order valence-electron chi connectivity index (χ3n) is 3.50. The van der Waals surface area contributed by atoms with Crippen molar-refractivity contribution in [2.45, 2.75) is 38.1 Å². The molecule has 124 valence electrons. The Hall–Kier alpha value is -2.56. The molecule has 1 aromatic rings. The number of carbonyl (C=O) groups is 2. The smallest absolute Gasteiger partial charge is 0.352 e. The molecule has 0 amide bonds. The van der Waals surface area contributed by atoms with Gasteiger partial charge in [-0.3, -0.25) is 0 Å². The molecule has 0 aliphatic heterocycles. The molecule has 5 heteroatoms. The van der Waals surface area contributed by atoms with Crippen molar-refractivity contribution in [1.29, 1.82) is 0 Å². The lowest BCUT2D eigenvalue weighted by Crippen LogP contribution is -2.33. The van der Waals surface area contributed by atoms with Crippen molar-refractivity contribution in [3.05, 3.63) is 54.2 Å². The van der Waals surface area contributed by atoms with Gasteiger partial charge in [0.25, 0.3) is 0 Å². The third-order valence-corrected chi connectivity index (χ3v) is 3.50. The molecule has 1 aliphatic carbocycles. The molecule has 0 atom stereocenters. The van der Waals surface area contributed by atoms with Crippen LogP contribution in [0.5, 0.6) is 0 Å². The van der Waals surface area contributed by atoms with Gasteiger partial charge in [0, 0.05) is 6.04 Å². The van der Waals surface area contributed by atoms with E-state index in [9.17, 15) is 9.59 Å². The highest BCUT2D eigenvalue weighted by atomic mass is 16.4. The Balaban J connectivity index is 0.000000277. The van der Waals surface area contributed by atoms with Crippen LogP contribution in [0.3, 0.4) is 0 Å². The number of aliphatic carboxylic acids is 2. The SMILES string of the molecule is C=Cc1ccccc1.O=C(O)/C=C(/NC1CCCCC1)C(=O)O. The van der Waals surface area contributed by atoms with Gasteiger partial charge in [0.2, 0.25) is 0 Å². The van der Waals surface area contributed by atoms with E-state index in [1.165, 1.54) is 12.0 Å². The average molecular weight is 317 g/mol. The second-order valence-corrected chi connectivity index (χ2v) is 5.30. The highest BCUT2D eigenvalue weighted by molar-refractivity contribution is 5.94. The Morgan fingerprint density at radius 2 is 1.70 bits per heavy atom. The molecule has 3 N–H and O–H groups in total. The molecule has 1 fully saturated rings. The molecule has 5 nitrogen and oxygen atoms in total. The summed E-state index contributed by atoms with van der Waals surface area (Å²) in [5, 5.41) is 20.0. The van der Waals surface area contributed by atoms with Crippen LogP contribution in [0, 0.1) is 0 Å². The molecule has 1 aromatic carbocycles. The van der Waals surface area contributed by atoms with Crippen molar-refractivity contribution in [2.75, 3.05) is 0 Å². The molecule has 0 bridgehead atoms. The molecule has 0 saturated heterocycles. The van der Waals surface area contributed by atoms with E-state index in [0.29, 0.717) is 6.08 Å². The Kier molecular flexibility index (Phi) is 8.21. The normalized spacial score (nSPS) is 15.0. The van der Waals surface area contributed by atoms with Crippen LogP contribution in [0.2, 0.25) is 0 Å². The molecule has 0 aromatic heterocycles. The number of carboxylic acid groups (broad SMARTS) is 2. The topological polar surface area (TPSA) is 86.6 Å². The van der Waals surface area contributed by atoms with Gasteiger partial charge >= 0.3 is 11.9 Å². The van der Waals surface area contributed by atoms with Gasteiger partial charge in [-0.25, -0.2) is 9.59 Å². The predicted molar refractivity (Wildman–Crippen MR) is 89.9 cm³/mol. The van der Waals surface area contributed by atoms with E-state index in [4.69, 9.17) is 10.2 Å². The summed E-state index contributed by atoms with van der Waals surface area (Å²) in [5.41, 5.74) is 0.946. The van der Waals surface area contributed by atoms with E-state index in [1.54, 1.807) is 0 Å². The molecule has 0 spiro atoms. The molecule has 23 heavy (non-hydrogen) atoms. The van der Waals surface area contributed by atoms with E-state index in [-0.39, 0.29) is 11.7 Å². The molecule has 0 heterocycles. The van der Waals surface area contributed by atoms with Gasteiger partial charge in [-0.05, 0) is 18.4 Å². The lowest BCUT2D eigenvalue weighted by atomic mass is 9.95. The zero-order valence-corrected chi connectivity index (χ0v) is 13.1. The lowest BCUT2D eigenvalue weighted by Gasteiger charge is -2.23. The summed E-state index contributed by atoms with van der Waals surface area (Å²) in [5.74, 6) is -2.46. The zero-order valence-electron chi connectivity index (χ0n) is 13.1. The van der Waals surface area contributed by atoms with E-state index in [2.05, 4.69) is 11.9 Å². The first kappa shape index (κ1) is 18.5. The number of rotatable bonds is 5. The Bertz CT molecular complexity index is 545. The first-order valence-corrected chi connectivity index (χ1v) is 7.65. The van der Waals surface area contributed by atoms with Gasteiger partial charge in [-0.1, -0.05) is 62.2 Å². The highest BCUT2D eigenvalue weighted by Crippen LogP contribution is 2.18. The van der Waals surface area contributed by atoms with Gasteiger partial charge in [0.1, 0.15) is 5.70 Å². The summed E-state index contributed by atoms with van der Waals surface area (Å²) in [6.45, 7) is 3.63. The summed E-state index contributed by atoms with van der Waals surface area (Å²) in [6, 6.07) is 10.1. The Morgan fingerprint density at radius 3 is 2.13 bits per heavy atom. The standard InChI is InChI=1S/C10H15NO4.C8H8/c12-9(13)6-8(10(14)15)11-7-4-2-1-3-5-7;1-2-8-6-4-3-5-7-8/h6-7,11H,1-5H2,(H,12,13)(H,14,15);2-7H,1H2/b8-6+;. The van der Waals surface area contributed by atoms with E-state index in [1.807, 2.05) is 36.4 Å². The minimum Gasteiger partial charge on any atom is -0.478 e. The van der Waals surface area contributed by atoms with Crippen LogP contribution < -0.4 is 5.32 Å². The van der Waals surface area contributed by atoms with Gasteiger partial charge in [0.15, 0.2) is 0 Å². The summed E-state index contributed by atoms with van der Waals surface area (Å²) in [6.07, 6.45) is 7.66. The number of hydrogen-bond acceptors (Lipinski definition) is 3. The van der Waals surface area contributed by atoms with Crippen molar-refractivity contribution >= 4 is 18.0 Å². The molecular formula is C18H23NO4. The van der Waals surface area contributed by atoms with Crippen molar-refractivity contribution in [3.63, 3.8) is 0 Å². The van der Waals surface area contributed by atoms with E-state index in [0.717, 1.165) is 25.7 Å². The van der Waals surface area contributed by atoms with Crippen molar-refractivity contribution in [1.82, 2.24) is 5.32 Å². The maximum atomic E-state index is 10.7. The molecule has 1 saturated carbocycles. The quantitative estimate of drug-likeness (QED) is 0.725. The Morgan fingerprint density at radius 1 is 1.09 bits per heavy atom. The second-order valence-electron chi connectivity index (χ2n) is 5.30. The fourth-order valence-corrected chi connectivity index (χ4v) is 2.34. The molecule has 0 unspecified atom stereocenters. The van der Waals surface area contributed by atoms with Gasteiger partial charge in [0.05, 0.1) is 6.08 Å². The van der Waals surface area contributed by atoms with Crippen LogP contribution in [0.4, 0.5) is 0 Å². The molecule has 2 rings (SSSR count). The zero-order chi connectivity index (χ0) is 17.1. The van der Waals surface area contributed by atoms with E-state index < -0.39 is 11.9 Å². The number of hydrogen-bond donors (Lipinski definition) is 3. The molecule has 1 aliphatic rings. The summed E-state index contributed by atoms with van der Waals surface area (Å²) >= 11 is 0. The maximum Gasteiger partial charge on any atom is 0.352 e.